The van der Waals surface area contributed by atoms with E-state index < -0.39 is 11.3 Å². The summed E-state index contributed by atoms with van der Waals surface area (Å²) in [6, 6.07) is 12.2. The van der Waals surface area contributed by atoms with Crippen LogP contribution < -0.4 is 15.2 Å². The lowest BCUT2D eigenvalue weighted by Gasteiger charge is -2.47. The Balaban J connectivity index is 2.32. The van der Waals surface area contributed by atoms with Crippen LogP contribution in [0.4, 0.5) is 0 Å². The fourth-order valence-corrected chi connectivity index (χ4v) is 6.03. The number of rotatable bonds is 5. The van der Waals surface area contributed by atoms with E-state index in [9.17, 15) is 15.8 Å². The third-order valence-corrected chi connectivity index (χ3v) is 7.87. The highest BCUT2D eigenvalue weighted by atomic mass is 127. The topological polar surface area (TPSA) is 140 Å². The van der Waals surface area contributed by atoms with Crippen molar-refractivity contribution in [3.05, 3.63) is 44.2 Å². The van der Waals surface area contributed by atoms with Gasteiger partial charge in [-0.05, 0) is 82.9 Å². The zero-order chi connectivity index (χ0) is 26.0. The Morgan fingerprint density at radius 1 is 1.14 bits per heavy atom. The van der Waals surface area contributed by atoms with Gasteiger partial charge in [0.1, 0.15) is 12.1 Å². The van der Waals surface area contributed by atoms with E-state index in [-0.39, 0.29) is 29.2 Å². The highest BCUT2D eigenvalue weighted by Gasteiger charge is 2.55. The average Bonchev–Trinajstić information content (AvgIpc) is 2.82. The summed E-state index contributed by atoms with van der Waals surface area (Å²) >= 11 is 2.11. The molecule has 0 radical (unpaired) electrons. The Kier molecular flexibility index (Phi) is 7.68. The zero-order valence-electron chi connectivity index (χ0n) is 20.4. The molecule has 0 unspecified atom stereocenters. The molecule has 8 heteroatoms. The molecule has 0 aromatic heterocycles. The Hall–Kier alpha value is -3.21. The largest absolute Gasteiger partial charge is 0.490 e. The number of halogens is 1. The predicted octanol–water partition coefficient (Wildman–Crippen LogP) is 5.46. The van der Waals surface area contributed by atoms with Crippen molar-refractivity contribution in [3.63, 3.8) is 0 Å². The lowest BCUT2D eigenvalue weighted by atomic mass is 9.54. The van der Waals surface area contributed by atoms with Gasteiger partial charge >= 0.3 is 0 Å². The Morgan fingerprint density at radius 3 is 2.37 bits per heavy atom. The molecule has 3 atom stereocenters. The molecule has 7 nitrogen and oxygen atoms in total. The maximum Gasteiger partial charge on any atom is 0.191 e. The molecule has 2 N–H and O–H groups in total. The summed E-state index contributed by atoms with van der Waals surface area (Å²) in [7, 11) is 0. The van der Waals surface area contributed by atoms with Crippen molar-refractivity contribution in [3.8, 4) is 35.8 Å². The van der Waals surface area contributed by atoms with Gasteiger partial charge in [0.05, 0.1) is 33.6 Å². The van der Waals surface area contributed by atoms with E-state index in [1.807, 2.05) is 19.1 Å². The van der Waals surface area contributed by atoms with E-state index >= 15 is 0 Å². The Labute approximate surface area is 220 Å². The molecule has 2 aliphatic carbocycles. The second kappa shape index (κ2) is 10.2. The van der Waals surface area contributed by atoms with Crippen LogP contribution in [0.2, 0.25) is 0 Å². The van der Waals surface area contributed by atoms with Crippen LogP contribution in [0.3, 0.4) is 0 Å². The predicted molar refractivity (Wildman–Crippen MR) is 138 cm³/mol. The van der Waals surface area contributed by atoms with Crippen molar-refractivity contribution < 1.29 is 9.47 Å². The molecule has 1 aromatic rings. The van der Waals surface area contributed by atoms with Crippen molar-refractivity contribution in [1.29, 1.82) is 21.0 Å². The summed E-state index contributed by atoms with van der Waals surface area (Å²) in [5.74, 6) is 0.337. The monoisotopic (exact) mass is 581 g/mol. The van der Waals surface area contributed by atoms with Gasteiger partial charge in [-0.25, -0.2) is 0 Å². The summed E-state index contributed by atoms with van der Waals surface area (Å²) < 4.78 is 12.2. The maximum atomic E-state index is 10.4. The molecule has 180 valence electrons. The second-order valence-electron chi connectivity index (χ2n) is 9.92. The van der Waals surface area contributed by atoms with Gasteiger partial charge < -0.3 is 15.2 Å². The first-order valence-corrected chi connectivity index (χ1v) is 12.6. The van der Waals surface area contributed by atoms with E-state index in [1.165, 1.54) is 0 Å². The van der Waals surface area contributed by atoms with Crippen molar-refractivity contribution in [2.24, 2.45) is 28.4 Å². The average molecular weight is 581 g/mol. The number of nitrogens with zero attached hydrogens (tertiary/aromatic N) is 4. The molecule has 0 aliphatic heterocycles. The highest BCUT2D eigenvalue weighted by Crippen LogP contribution is 2.58. The molecule has 0 spiro atoms. The molecule has 0 saturated carbocycles. The molecule has 0 amide bonds. The summed E-state index contributed by atoms with van der Waals surface area (Å²) in [5.41, 5.74) is 6.53. The number of ether oxygens (including phenoxy) is 2. The van der Waals surface area contributed by atoms with Crippen LogP contribution in [-0.4, -0.2) is 13.2 Å². The van der Waals surface area contributed by atoms with Crippen LogP contribution in [0.1, 0.15) is 52.0 Å². The molecule has 0 saturated heterocycles. The zero-order valence-corrected chi connectivity index (χ0v) is 22.5. The lowest BCUT2D eigenvalue weighted by molar-refractivity contribution is 0.170. The first kappa shape index (κ1) is 26.4. The van der Waals surface area contributed by atoms with E-state index in [1.54, 1.807) is 6.07 Å². The fraction of sp³-hybridized carbons (Fsp3) is 0.481. The number of nitriles is 4. The van der Waals surface area contributed by atoms with Crippen LogP contribution in [0, 0.1) is 71.6 Å². The van der Waals surface area contributed by atoms with Gasteiger partial charge in [-0.1, -0.05) is 26.8 Å². The van der Waals surface area contributed by atoms with Gasteiger partial charge in [-0.3, -0.25) is 0 Å². The quantitative estimate of drug-likeness (QED) is 0.456. The van der Waals surface area contributed by atoms with Crippen LogP contribution >= 0.6 is 22.6 Å². The molecular formula is C27H28IN5O2. The van der Waals surface area contributed by atoms with Crippen LogP contribution in [-0.2, 0) is 0 Å². The number of hydrogen-bond donors (Lipinski definition) is 1. The normalized spacial score (nSPS) is 23.0. The fourth-order valence-electron chi connectivity index (χ4n) is 5.25. The number of allylic oxidation sites excluding steroid dienone is 4. The third kappa shape index (κ3) is 4.56. The van der Waals surface area contributed by atoms with Gasteiger partial charge in [0.2, 0.25) is 0 Å². The molecular weight excluding hydrogens is 553 g/mol. The van der Waals surface area contributed by atoms with Crippen molar-refractivity contribution in [2.75, 3.05) is 13.2 Å². The standard InChI is InChI=1S/C27H28IN5O2/c1-5-34-22-11-16(10-21(28)24(22)35-9-8-29)23-19-12-17(26(2,3)4)6-7-18(19)20(13-30)25(33)27(23,14-31)15-32/h7,10-11,17,19,23H,5-6,9,12,33H2,1-4H3/t17-,19+,23-/m1/s1. The van der Waals surface area contributed by atoms with E-state index in [0.717, 1.165) is 24.0 Å². The lowest BCUT2D eigenvalue weighted by Crippen LogP contribution is -2.44. The number of nitrogens with two attached hydrogens (primary N) is 1. The van der Waals surface area contributed by atoms with Crippen molar-refractivity contribution in [2.45, 2.75) is 46.5 Å². The van der Waals surface area contributed by atoms with E-state index in [0.29, 0.717) is 27.6 Å². The van der Waals surface area contributed by atoms with Gasteiger partial charge in [0.25, 0.3) is 0 Å². The Morgan fingerprint density at radius 2 is 1.83 bits per heavy atom. The molecule has 0 bridgehead atoms. The minimum Gasteiger partial charge on any atom is -0.490 e. The van der Waals surface area contributed by atoms with Gasteiger partial charge in [0, 0.05) is 5.92 Å². The minimum absolute atomic E-state index is 0.00415. The van der Waals surface area contributed by atoms with Crippen molar-refractivity contribution in [1.82, 2.24) is 0 Å². The summed E-state index contributed by atoms with van der Waals surface area (Å²) in [6.45, 7) is 8.63. The van der Waals surface area contributed by atoms with Gasteiger partial charge in [-0.15, -0.1) is 0 Å². The molecule has 3 rings (SSSR count). The summed E-state index contributed by atoms with van der Waals surface area (Å²) in [5, 5.41) is 39.7. The molecule has 0 heterocycles. The maximum absolute atomic E-state index is 10.4. The van der Waals surface area contributed by atoms with Gasteiger partial charge in [0.15, 0.2) is 23.5 Å². The van der Waals surface area contributed by atoms with E-state index in [2.05, 4.69) is 67.6 Å². The Bertz CT molecular complexity index is 1230. The molecule has 2 aliphatic rings. The molecule has 1 aromatic carbocycles. The number of fused-ring (bicyclic) bond motifs is 1. The van der Waals surface area contributed by atoms with E-state index in [4.69, 9.17) is 20.5 Å². The first-order chi connectivity index (χ1) is 16.6. The van der Waals surface area contributed by atoms with Crippen LogP contribution in [0.15, 0.2) is 35.1 Å². The third-order valence-electron chi connectivity index (χ3n) is 7.07. The summed E-state index contributed by atoms with van der Waals surface area (Å²) in [4.78, 5) is 0. The summed E-state index contributed by atoms with van der Waals surface area (Å²) in [6.07, 6.45) is 3.59. The second-order valence-corrected chi connectivity index (χ2v) is 11.1. The van der Waals surface area contributed by atoms with Crippen molar-refractivity contribution >= 4 is 22.6 Å². The van der Waals surface area contributed by atoms with Crippen LogP contribution in [0.5, 0.6) is 11.5 Å². The highest BCUT2D eigenvalue weighted by molar-refractivity contribution is 14.1. The van der Waals surface area contributed by atoms with Gasteiger partial charge in [-0.2, -0.15) is 21.0 Å². The number of hydrogen-bond acceptors (Lipinski definition) is 7. The molecule has 35 heavy (non-hydrogen) atoms. The first-order valence-electron chi connectivity index (χ1n) is 11.5. The SMILES string of the molecule is CCOc1cc([C@@H]2[C@H]3C[C@H](C(C)(C)C)CC=C3C(C#N)=C(N)C2(C#N)C#N)cc(I)c1OCC#N. The van der Waals surface area contributed by atoms with Crippen LogP contribution in [0.25, 0.3) is 0 Å². The molecule has 0 fully saturated rings. The minimum atomic E-state index is -1.71. The smallest absolute Gasteiger partial charge is 0.191 e. The number of benzene rings is 1.